The number of H-pyrrole nitrogens is 1. The molecule has 1 heterocycles. The Bertz CT molecular complexity index is 631. The maximum Gasteiger partial charge on any atom is 0.260 e. The average molecular weight is 227 g/mol. The first-order valence-corrected chi connectivity index (χ1v) is 5.69. The highest BCUT2D eigenvalue weighted by Gasteiger charge is 2.20. The zero-order valence-electron chi connectivity index (χ0n) is 9.58. The van der Waals surface area contributed by atoms with Crippen LogP contribution in [0.1, 0.15) is 11.3 Å². The van der Waals surface area contributed by atoms with Gasteiger partial charge in [0.2, 0.25) is 5.95 Å². The Morgan fingerprint density at radius 3 is 2.94 bits per heavy atom. The first-order valence-electron chi connectivity index (χ1n) is 5.69. The van der Waals surface area contributed by atoms with Crippen molar-refractivity contribution in [2.75, 3.05) is 12.4 Å². The normalized spacial score (nSPS) is 12.8. The van der Waals surface area contributed by atoms with E-state index in [-0.39, 0.29) is 5.56 Å². The van der Waals surface area contributed by atoms with Crippen molar-refractivity contribution in [2.24, 2.45) is 0 Å². The SMILES string of the molecule is CNc1nc2c(c(=O)[nH]1)-c1ccccc1CC2. The molecule has 0 radical (unpaired) electrons. The van der Waals surface area contributed by atoms with Crippen LogP contribution in [0, 0.1) is 0 Å². The molecule has 1 aliphatic rings. The number of nitrogens with zero attached hydrogens (tertiary/aromatic N) is 1. The van der Waals surface area contributed by atoms with Crippen LogP contribution in [0.5, 0.6) is 0 Å². The number of aromatic nitrogens is 2. The number of hydrogen-bond donors (Lipinski definition) is 2. The summed E-state index contributed by atoms with van der Waals surface area (Å²) in [6.07, 6.45) is 1.77. The molecular weight excluding hydrogens is 214 g/mol. The number of nitrogens with one attached hydrogen (secondary N) is 2. The molecule has 4 nitrogen and oxygen atoms in total. The Hall–Kier alpha value is -2.10. The molecule has 1 aliphatic carbocycles. The van der Waals surface area contributed by atoms with E-state index in [9.17, 15) is 4.79 Å². The van der Waals surface area contributed by atoms with Crippen molar-refractivity contribution in [2.45, 2.75) is 12.8 Å². The maximum atomic E-state index is 12.1. The molecule has 86 valence electrons. The van der Waals surface area contributed by atoms with E-state index in [0.717, 1.165) is 29.7 Å². The van der Waals surface area contributed by atoms with Crippen LogP contribution in [-0.2, 0) is 12.8 Å². The first kappa shape index (κ1) is 10.1. The van der Waals surface area contributed by atoms with Crippen molar-refractivity contribution in [3.63, 3.8) is 0 Å². The fourth-order valence-electron chi connectivity index (χ4n) is 2.33. The number of aromatic amines is 1. The molecule has 0 unspecified atom stereocenters. The third kappa shape index (κ3) is 1.53. The summed E-state index contributed by atoms with van der Waals surface area (Å²) in [7, 11) is 1.75. The van der Waals surface area contributed by atoms with E-state index in [4.69, 9.17) is 0 Å². The number of benzene rings is 1. The first-order chi connectivity index (χ1) is 8.29. The van der Waals surface area contributed by atoms with E-state index in [2.05, 4.69) is 21.4 Å². The standard InChI is InChI=1S/C13H13N3O/c1-14-13-15-10-7-6-8-4-2-3-5-9(8)11(10)12(17)16-13/h2-5H,6-7H2,1H3,(H2,14,15,16,17). The zero-order chi connectivity index (χ0) is 11.8. The second-order valence-corrected chi connectivity index (χ2v) is 4.14. The Morgan fingerprint density at radius 1 is 1.29 bits per heavy atom. The fraction of sp³-hybridized carbons (Fsp3) is 0.231. The number of rotatable bonds is 1. The minimum Gasteiger partial charge on any atom is -0.359 e. The molecule has 4 heteroatoms. The lowest BCUT2D eigenvalue weighted by molar-refractivity contribution is 0.877. The Kier molecular flexibility index (Phi) is 2.21. The number of anilines is 1. The van der Waals surface area contributed by atoms with Gasteiger partial charge in [-0.2, -0.15) is 0 Å². The molecule has 0 saturated heterocycles. The summed E-state index contributed by atoms with van der Waals surface area (Å²) in [6.45, 7) is 0. The smallest absolute Gasteiger partial charge is 0.260 e. The molecule has 1 aromatic carbocycles. The highest BCUT2D eigenvalue weighted by Crippen LogP contribution is 2.29. The van der Waals surface area contributed by atoms with Gasteiger partial charge in [-0.25, -0.2) is 4.98 Å². The molecule has 0 fully saturated rings. The van der Waals surface area contributed by atoms with Crippen LogP contribution >= 0.6 is 0 Å². The van der Waals surface area contributed by atoms with Gasteiger partial charge in [-0.3, -0.25) is 9.78 Å². The lowest BCUT2D eigenvalue weighted by atomic mass is 9.89. The lowest BCUT2D eigenvalue weighted by Gasteiger charge is -2.18. The quantitative estimate of drug-likeness (QED) is 0.777. The van der Waals surface area contributed by atoms with Gasteiger partial charge in [-0.15, -0.1) is 0 Å². The summed E-state index contributed by atoms with van der Waals surface area (Å²) in [5, 5.41) is 2.88. The molecule has 0 amide bonds. The van der Waals surface area contributed by atoms with E-state index >= 15 is 0 Å². The monoisotopic (exact) mass is 227 g/mol. The molecule has 2 aromatic rings. The lowest BCUT2D eigenvalue weighted by Crippen LogP contribution is -2.20. The van der Waals surface area contributed by atoms with Crippen LogP contribution in [0.15, 0.2) is 29.1 Å². The zero-order valence-corrected chi connectivity index (χ0v) is 9.58. The molecule has 17 heavy (non-hydrogen) atoms. The maximum absolute atomic E-state index is 12.1. The third-order valence-corrected chi connectivity index (χ3v) is 3.15. The highest BCUT2D eigenvalue weighted by atomic mass is 16.1. The van der Waals surface area contributed by atoms with Gasteiger partial charge < -0.3 is 5.32 Å². The van der Waals surface area contributed by atoms with E-state index in [1.807, 2.05) is 18.2 Å². The van der Waals surface area contributed by atoms with Crippen molar-refractivity contribution < 1.29 is 0 Å². The second-order valence-electron chi connectivity index (χ2n) is 4.14. The summed E-state index contributed by atoms with van der Waals surface area (Å²) in [5.74, 6) is 0.535. The predicted molar refractivity (Wildman–Crippen MR) is 67.2 cm³/mol. The predicted octanol–water partition coefficient (Wildman–Crippen LogP) is 1.58. The summed E-state index contributed by atoms with van der Waals surface area (Å²) >= 11 is 0. The number of aryl methyl sites for hydroxylation is 2. The molecule has 0 spiro atoms. The summed E-state index contributed by atoms with van der Waals surface area (Å²) < 4.78 is 0. The van der Waals surface area contributed by atoms with Crippen LogP contribution in [0.25, 0.3) is 11.1 Å². The molecule has 3 rings (SSSR count). The Labute approximate surface area is 98.7 Å². The van der Waals surface area contributed by atoms with E-state index in [1.165, 1.54) is 5.56 Å². The van der Waals surface area contributed by atoms with Crippen LogP contribution < -0.4 is 10.9 Å². The Morgan fingerprint density at radius 2 is 2.12 bits per heavy atom. The Balaban J connectivity index is 2.29. The van der Waals surface area contributed by atoms with E-state index in [1.54, 1.807) is 7.05 Å². The number of hydrogen-bond acceptors (Lipinski definition) is 3. The van der Waals surface area contributed by atoms with Gasteiger partial charge in [0.15, 0.2) is 0 Å². The van der Waals surface area contributed by atoms with Gasteiger partial charge >= 0.3 is 0 Å². The van der Waals surface area contributed by atoms with Gasteiger partial charge in [0.05, 0.1) is 11.3 Å². The minimum absolute atomic E-state index is 0.0634. The van der Waals surface area contributed by atoms with Crippen molar-refractivity contribution >= 4 is 5.95 Å². The van der Waals surface area contributed by atoms with E-state index in [0.29, 0.717) is 5.95 Å². The van der Waals surface area contributed by atoms with Gasteiger partial charge in [0.25, 0.3) is 5.56 Å². The van der Waals surface area contributed by atoms with Crippen LogP contribution in [0.3, 0.4) is 0 Å². The molecule has 0 bridgehead atoms. The van der Waals surface area contributed by atoms with Gasteiger partial charge in [-0.1, -0.05) is 24.3 Å². The molecule has 2 N–H and O–H groups in total. The minimum atomic E-state index is -0.0634. The second kappa shape index (κ2) is 3.73. The molecule has 0 aliphatic heterocycles. The van der Waals surface area contributed by atoms with Crippen LogP contribution in [-0.4, -0.2) is 17.0 Å². The summed E-state index contributed by atoms with van der Waals surface area (Å²) in [4.78, 5) is 19.2. The van der Waals surface area contributed by atoms with Crippen LogP contribution in [0.4, 0.5) is 5.95 Å². The van der Waals surface area contributed by atoms with Crippen molar-refractivity contribution in [1.82, 2.24) is 9.97 Å². The number of fused-ring (bicyclic) bond motifs is 3. The third-order valence-electron chi connectivity index (χ3n) is 3.15. The molecular formula is C13H13N3O. The fourth-order valence-corrected chi connectivity index (χ4v) is 2.33. The van der Waals surface area contributed by atoms with Crippen molar-refractivity contribution in [3.05, 3.63) is 45.9 Å². The molecule has 0 saturated carbocycles. The average Bonchev–Trinajstić information content (AvgIpc) is 2.37. The molecule has 1 aromatic heterocycles. The van der Waals surface area contributed by atoms with Crippen molar-refractivity contribution in [3.8, 4) is 11.1 Å². The molecule has 0 atom stereocenters. The van der Waals surface area contributed by atoms with Gasteiger partial charge in [0, 0.05) is 7.05 Å². The summed E-state index contributed by atoms with van der Waals surface area (Å²) in [5.41, 5.74) is 3.80. The van der Waals surface area contributed by atoms with E-state index < -0.39 is 0 Å². The van der Waals surface area contributed by atoms with Crippen molar-refractivity contribution in [1.29, 1.82) is 0 Å². The largest absolute Gasteiger partial charge is 0.359 e. The topological polar surface area (TPSA) is 57.8 Å². The summed E-state index contributed by atoms with van der Waals surface area (Å²) in [6, 6.07) is 8.03. The van der Waals surface area contributed by atoms with Gasteiger partial charge in [0.1, 0.15) is 0 Å². The van der Waals surface area contributed by atoms with Gasteiger partial charge in [-0.05, 0) is 24.0 Å². The van der Waals surface area contributed by atoms with Crippen LogP contribution in [0.2, 0.25) is 0 Å². The highest BCUT2D eigenvalue weighted by molar-refractivity contribution is 5.71.